The van der Waals surface area contributed by atoms with E-state index in [-0.39, 0.29) is 125 Å². The number of primary amides is 2. The molecule has 682 valence electrons. The highest BCUT2D eigenvalue weighted by atomic mass is 16.6. The lowest BCUT2D eigenvalue weighted by Gasteiger charge is -2.31. The largest absolute Gasteiger partial charge is 0.508 e. The molecule has 126 heavy (non-hydrogen) atoms. The van der Waals surface area contributed by atoms with Crippen molar-refractivity contribution in [3.63, 3.8) is 0 Å². The maximum atomic E-state index is 15.0. The Kier molecular flexibility index (Phi) is 36.5. The predicted octanol–water partition coefficient (Wildman–Crippen LogP) is -1.87. The first-order valence-corrected chi connectivity index (χ1v) is 41.7. The minimum absolute atomic E-state index is 0.00175. The first kappa shape index (κ1) is 97.5. The number of anilines is 1. The Hall–Kier alpha value is -13.9. The summed E-state index contributed by atoms with van der Waals surface area (Å²) in [6.45, 7) is 7.33. The summed E-state index contributed by atoms with van der Waals surface area (Å²) in [5, 5.41) is 79.5. The number of fused-ring (bicyclic) bond motifs is 2. The molecule has 8 rings (SSSR count). The fourth-order valence-corrected chi connectivity index (χ4v) is 14.8. The Balaban J connectivity index is 0.952. The third kappa shape index (κ3) is 28.9. The van der Waals surface area contributed by atoms with Crippen molar-refractivity contribution >= 4 is 128 Å². The molecule has 3 aromatic carbocycles. The second-order valence-electron chi connectivity index (χ2n) is 32.0. The first-order valence-electron chi connectivity index (χ1n) is 41.7. The predicted molar refractivity (Wildman–Crippen MR) is 453 cm³/mol. The van der Waals surface area contributed by atoms with Crippen LogP contribution in [0.15, 0.2) is 84.0 Å². The number of carboxylic acids is 1. The zero-order chi connectivity index (χ0) is 92.0. The van der Waals surface area contributed by atoms with Crippen LogP contribution >= 0.6 is 0 Å². The van der Waals surface area contributed by atoms with Crippen LogP contribution in [0.2, 0.25) is 0 Å². The van der Waals surface area contributed by atoms with Gasteiger partial charge in [-0.3, -0.25) is 82.6 Å². The van der Waals surface area contributed by atoms with Crippen LogP contribution in [0.25, 0.3) is 21.9 Å². The number of imidazole rings is 1. The minimum Gasteiger partial charge on any atom is -0.508 e. The SMILES string of the molecule is CCCC[C@H](NC(=O)[C@@H]1CCCN1C(=O)[C@H](CCC(N)=O)NC(=O)CNC(=O)[C@@H]1CCCN1C(=O)[C@H](CCCNC(=N)N)NC(=O)[C@H](CC(C)C)NC(=O)[C@H](CCC(N)=O)NC(=O)[C@H](CC(C)C)NC(=O)[C@H](CNc1ccc([N+](=O)[O-])c2nonc12)NC(=O)[C@H](Cc1c[nH]cn1)NC(=O)[C@@H](N)Cc1c[nH]c2ccccc12)C(=O)N[C@@H](Cc1ccc(O)cc1)C(=O)O. The number of H-pyrrole nitrogens is 2. The fourth-order valence-electron chi connectivity index (χ4n) is 14.8. The number of phenols is 1. The molecular formula is C81H113N25O20. The normalized spacial score (nSPS) is 16.1. The maximum Gasteiger partial charge on any atom is 0.326 e. The summed E-state index contributed by atoms with van der Waals surface area (Å²) in [4.78, 5) is 235. The van der Waals surface area contributed by atoms with Crippen LogP contribution in [0.1, 0.15) is 148 Å². The lowest BCUT2D eigenvalue weighted by atomic mass is 10.00. The molecule has 0 radical (unpaired) electrons. The van der Waals surface area contributed by atoms with Crippen LogP contribution in [-0.2, 0) is 91.2 Å². The molecule has 6 aromatic rings. The van der Waals surface area contributed by atoms with Gasteiger partial charge in [-0.1, -0.05) is 77.8 Å². The van der Waals surface area contributed by atoms with Crippen molar-refractivity contribution < 1.29 is 91.7 Å². The van der Waals surface area contributed by atoms with Crippen LogP contribution in [0, 0.1) is 27.4 Å². The van der Waals surface area contributed by atoms with Crippen molar-refractivity contribution in [3.05, 3.63) is 106 Å². The number of aliphatic carboxylic acids is 1. The number of nitrogens with zero attached hydrogens (tertiary/aromatic N) is 6. The van der Waals surface area contributed by atoms with Crippen LogP contribution in [0.4, 0.5) is 11.4 Å². The number of non-ortho nitro benzene ring substituents is 1. The number of rotatable bonds is 50. The number of nitrogens with two attached hydrogens (primary N) is 4. The quantitative estimate of drug-likeness (QED) is 0.00654. The highest BCUT2D eigenvalue weighted by Crippen LogP contribution is 2.30. The zero-order valence-corrected chi connectivity index (χ0v) is 70.6. The van der Waals surface area contributed by atoms with Crippen molar-refractivity contribution in [2.24, 2.45) is 34.8 Å². The van der Waals surface area contributed by atoms with E-state index in [0.717, 1.165) is 17.0 Å². The summed E-state index contributed by atoms with van der Waals surface area (Å²) in [7, 11) is 0. The Morgan fingerprint density at radius 1 is 0.595 bits per heavy atom. The van der Waals surface area contributed by atoms with E-state index in [9.17, 15) is 87.5 Å². The van der Waals surface area contributed by atoms with Gasteiger partial charge in [-0.05, 0) is 135 Å². The summed E-state index contributed by atoms with van der Waals surface area (Å²) >= 11 is 0. The maximum absolute atomic E-state index is 15.0. The number of para-hydroxylation sites is 1. The van der Waals surface area contributed by atoms with Gasteiger partial charge in [0.15, 0.2) is 11.5 Å². The molecule has 0 saturated carbocycles. The van der Waals surface area contributed by atoms with Crippen LogP contribution in [-0.4, -0.2) is 250 Å². The Morgan fingerprint density at radius 2 is 1.13 bits per heavy atom. The number of nitro benzene ring substituents is 1. The number of unbranched alkanes of at least 4 members (excludes halogenated alkanes) is 1. The van der Waals surface area contributed by atoms with Gasteiger partial charge in [0.25, 0.3) is 0 Å². The van der Waals surface area contributed by atoms with E-state index >= 15 is 4.79 Å². The molecule has 0 spiro atoms. The summed E-state index contributed by atoms with van der Waals surface area (Å²) in [6, 6.07) is -1.81. The molecule has 45 heteroatoms. The summed E-state index contributed by atoms with van der Waals surface area (Å²) in [5.74, 6) is -15.0. The molecule has 5 heterocycles. The number of carbonyl (C=O) groups is 15. The van der Waals surface area contributed by atoms with E-state index in [4.69, 9.17) is 33.0 Å². The first-order chi connectivity index (χ1) is 60.0. The number of aromatic hydroxyl groups is 1. The van der Waals surface area contributed by atoms with Crippen LogP contribution in [0.5, 0.6) is 5.75 Å². The molecule has 14 amide bonds. The topological polar surface area (TPSA) is 702 Å². The number of carboxylic acid groups (broad SMARTS) is 1. The molecule has 3 aromatic heterocycles. The molecule has 2 saturated heterocycles. The van der Waals surface area contributed by atoms with Gasteiger partial charge in [-0.2, -0.15) is 0 Å². The Labute approximate surface area is 723 Å². The van der Waals surface area contributed by atoms with E-state index in [1.807, 2.05) is 31.2 Å². The van der Waals surface area contributed by atoms with Crippen molar-refractivity contribution in [1.29, 1.82) is 5.41 Å². The average molecular weight is 1760 g/mol. The highest BCUT2D eigenvalue weighted by molar-refractivity contribution is 6.01. The molecule has 2 fully saturated rings. The van der Waals surface area contributed by atoms with Gasteiger partial charge in [-0.15, -0.1) is 0 Å². The van der Waals surface area contributed by atoms with Gasteiger partial charge in [-0.25, -0.2) is 14.4 Å². The standard InChI is InChI=1S/C81H113N25O20/c1-6-7-14-52(70(112)100-59(80(122)123)34-44-19-21-47(107)22-20-44)95-77(119)63-18-12-31-105(63)79(121)55(25-28-65(84)109)93-66(110)40-91-76(118)62-17-11-30-104(62)78(120)54(16-10-29-88-81(85)86)96-73(115)57(33-43(4)5)98-71(113)53(24-27-64(83)108)94-72(114)56(32-42(2)3)99-75(117)60(39-90-51-23-26-61(106(124)125)68-67(51)102-126-103-68)101-74(116)58(36-46-38-87-41-92-46)97-69(111)49(82)35-45-37-89-50-15-9-8-13-48(45)50/h8-9,13,15,19-23,26,37-38,41-43,49,52-60,62-63,89-90,107H,6-7,10-12,14,16-18,24-25,27-36,39-40,82H2,1-5H3,(H2,83,108)(H2,84,109)(H,87,92)(H,91,118)(H,93,110)(H,94,114)(H,95,119)(H,96,115)(H,97,111)(H,98,113)(H,99,117)(H,100,112)(H,101,116)(H,122,123)(H4,85,86,88)/t49-,52-,53-,54-,55-,56-,57-,58-,59-,60-,62-,63-/m0/s1. The van der Waals surface area contributed by atoms with Gasteiger partial charge >= 0.3 is 11.7 Å². The van der Waals surface area contributed by atoms with Crippen LogP contribution < -0.4 is 86.7 Å². The van der Waals surface area contributed by atoms with Crippen molar-refractivity contribution in [3.8, 4) is 5.75 Å². The fraction of sp³-hybridized carbons (Fsp3) is 0.519. The number of aromatic nitrogens is 5. The summed E-state index contributed by atoms with van der Waals surface area (Å²) in [6.07, 6.45) is 3.89. The number of hydrogen-bond donors (Lipinski definition) is 21. The van der Waals surface area contributed by atoms with Gasteiger partial charge in [0.1, 0.15) is 72.2 Å². The van der Waals surface area contributed by atoms with Crippen molar-refractivity contribution in [1.82, 2.24) is 93.5 Å². The number of phenolic OH excluding ortho intramolecular Hbond substituents is 1. The van der Waals surface area contributed by atoms with Gasteiger partial charge in [0.2, 0.25) is 88.2 Å². The Morgan fingerprint density at radius 3 is 1.71 bits per heavy atom. The third-order valence-electron chi connectivity index (χ3n) is 21.2. The van der Waals surface area contributed by atoms with E-state index < -0.39 is 216 Å². The van der Waals surface area contributed by atoms with Gasteiger partial charge in [0.05, 0.1) is 35.2 Å². The number of carbonyl (C=O) groups excluding carboxylic acids is 14. The van der Waals surface area contributed by atoms with Crippen molar-refractivity contribution in [2.75, 3.05) is 38.0 Å². The number of nitrogens with one attached hydrogen (secondary N) is 15. The molecule has 12 atom stereocenters. The molecule has 45 nitrogen and oxygen atoms in total. The smallest absolute Gasteiger partial charge is 0.326 e. The molecular weight excluding hydrogens is 1640 g/mol. The number of nitro groups is 1. The number of aromatic amines is 2. The number of hydrogen-bond acceptors (Lipinski definition) is 25. The number of amides is 14. The Bertz CT molecular complexity index is 4870. The second-order valence-corrected chi connectivity index (χ2v) is 32.0. The molecule has 2 aliphatic rings. The third-order valence-corrected chi connectivity index (χ3v) is 21.2. The van der Waals surface area contributed by atoms with Crippen LogP contribution in [0.3, 0.4) is 0 Å². The highest BCUT2D eigenvalue weighted by Gasteiger charge is 2.43. The van der Waals surface area contributed by atoms with Crippen molar-refractivity contribution in [2.45, 2.75) is 223 Å². The van der Waals surface area contributed by atoms with E-state index in [2.05, 4.69) is 89.1 Å². The molecule has 2 aliphatic heterocycles. The number of likely N-dealkylation sites (tertiary alicyclic amines) is 2. The summed E-state index contributed by atoms with van der Waals surface area (Å²) < 4.78 is 4.84. The molecule has 0 unspecified atom stereocenters. The van der Waals surface area contributed by atoms with E-state index in [1.165, 1.54) is 52.7 Å². The minimum atomic E-state index is -1.71. The summed E-state index contributed by atoms with van der Waals surface area (Å²) in [5.41, 5.74) is 24.6. The number of benzene rings is 3. The second kappa shape index (κ2) is 47.1. The molecule has 0 bridgehead atoms. The lowest BCUT2D eigenvalue weighted by Crippen LogP contribution is -2.61. The van der Waals surface area contributed by atoms with E-state index in [0.29, 0.717) is 36.1 Å². The van der Waals surface area contributed by atoms with E-state index in [1.54, 1.807) is 33.9 Å². The average Bonchev–Trinajstić information content (AvgIpc) is 1.64. The molecule has 0 aliphatic carbocycles. The molecule has 25 N–H and O–H groups in total. The van der Waals surface area contributed by atoms with Gasteiger partial charge in [0, 0.05) is 81.2 Å². The number of guanidine groups is 1. The lowest BCUT2D eigenvalue weighted by molar-refractivity contribution is -0.383. The zero-order valence-electron chi connectivity index (χ0n) is 70.6. The monoisotopic (exact) mass is 1760 g/mol. The van der Waals surface area contributed by atoms with Gasteiger partial charge < -0.3 is 117 Å².